The van der Waals surface area contributed by atoms with Crippen LogP contribution in [-0.4, -0.2) is 49.3 Å². The molecular formula is C13H15Cl3N4O. The number of hydrogen-bond donors (Lipinski definition) is 1. The second-order valence-electron chi connectivity index (χ2n) is 4.60. The number of anilines is 1. The minimum absolute atomic E-state index is 0.0579. The van der Waals surface area contributed by atoms with E-state index in [0.717, 1.165) is 39.3 Å². The van der Waals surface area contributed by atoms with Crippen molar-refractivity contribution in [1.29, 1.82) is 5.26 Å². The minimum atomic E-state index is 0.0579. The van der Waals surface area contributed by atoms with E-state index in [9.17, 15) is 0 Å². The molecule has 5 nitrogen and oxygen atoms in total. The fourth-order valence-corrected chi connectivity index (χ4v) is 2.75. The number of pyridine rings is 1. The maximum absolute atomic E-state index is 8.92. The van der Waals surface area contributed by atoms with Crippen molar-refractivity contribution in [1.82, 2.24) is 9.88 Å². The van der Waals surface area contributed by atoms with Crippen molar-refractivity contribution in [2.75, 3.05) is 44.7 Å². The van der Waals surface area contributed by atoms with Gasteiger partial charge in [0.2, 0.25) is 0 Å². The summed E-state index contributed by atoms with van der Waals surface area (Å²) in [5.41, 5.74) is 0.0993. The highest BCUT2D eigenvalue weighted by Crippen LogP contribution is 2.34. The lowest BCUT2D eigenvalue weighted by Crippen LogP contribution is -2.37. The Labute approximate surface area is 138 Å². The molecule has 21 heavy (non-hydrogen) atoms. The molecule has 0 amide bonds. The molecule has 1 saturated heterocycles. The predicted molar refractivity (Wildman–Crippen MR) is 84.3 cm³/mol. The quantitative estimate of drug-likeness (QED) is 0.654. The number of nitrogens with one attached hydrogen (secondary N) is 1. The fourth-order valence-electron chi connectivity index (χ4n) is 2.05. The summed E-state index contributed by atoms with van der Waals surface area (Å²) in [6.45, 7) is 5.19. The van der Waals surface area contributed by atoms with Gasteiger partial charge < -0.3 is 10.1 Å². The molecule has 1 aliphatic heterocycles. The van der Waals surface area contributed by atoms with E-state index in [-0.39, 0.29) is 20.8 Å². The Balaban J connectivity index is 1.87. The van der Waals surface area contributed by atoms with Crippen molar-refractivity contribution in [2.24, 2.45) is 0 Å². The van der Waals surface area contributed by atoms with Crippen LogP contribution in [0.5, 0.6) is 0 Å². The lowest BCUT2D eigenvalue weighted by atomic mass is 10.3. The molecular weight excluding hydrogens is 335 g/mol. The van der Waals surface area contributed by atoms with E-state index >= 15 is 0 Å². The van der Waals surface area contributed by atoms with E-state index in [1.165, 1.54) is 0 Å². The van der Waals surface area contributed by atoms with Crippen LogP contribution in [0.4, 0.5) is 5.82 Å². The zero-order valence-electron chi connectivity index (χ0n) is 11.3. The molecule has 0 atom stereocenters. The Hall–Kier alpha value is -0.770. The third kappa shape index (κ3) is 4.35. The van der Waals surface area contributed by atoms with Crippen LogP contribution < -0.4 is 5.32 Å². The van der Waals surface area contributed by atoms with Crippen LogP contribution in [0.3, 0.4) is 0 Å². The topological polar surface area (TPSA) is 61.2 Å². The molecule has 2 rings (SSSR count). The number of aromatic nitrogens is 1. The summed E-state index contributed by atoms with van der Waals surface area (Å²) in [4.78, 5) is 6.42. The van der Waals surface area contributed by atoms with E-state index < -0.39 is 0 Å². The molecule has 0 radical (unpaired) electrons. The first-order chi connectivity index (χ1) is 10.1. The number of nitrogens with zero attached hydrogens (tertiary/aromatic N) is 3. The van der Waals surface area contributed by atoms with Crippen LogP contribution >= 0.6 is 34.8 Å². The molecule has 0 bridgehead atoms. The normalized spacial score (nSPS) is 15.7. The Bertz CT molecular complexity index is 541. The molecule has 0 unspecified atom stereocenters. The van der Waals surface area contributed by atoms with Gasteiger partial charge in [0.15, 0.2) is 5.15 Å². The number of morpholine rings is 1. The number of rotatable bonds is 5. The first-order valence-corrected chi connectivity index (χ1v) is 7.75. The average molecular weight is 350 g/mol. The van der Waals surface area contributed by atoms with Gasteiger partial charge in [-0.25, -0.2) is 4.98 Å². The van der Waals surface area contributed by atoms with Crippen molar-refractivity contribution in [3.63, 3.8) is 0 Å². The number of hydrogen-bond acceptors (Lipinski definition) is 5. The number of halogens is 3. The Morgan fingerprint density at radius 1 is 1.24 bits per heavy atom. The van der Waals surface area contributed by atoms with Crippen LogP contribution in [0.1, 0.15) is 12.0 Å². The van der Waals surface area contributed by atoms with Gasteiger partial charge in [-0.3, -0.25) is 4.90 Å². The smallest absolute Gasteiger partial charge is 0.150 e. The molecule has 0 spiro atoms. The highest BCUT2D eigenvalue weighted by atomic mass is 35.5. The number of ether oxygens (including phenoxy) is 1. The zero-order valence-corrected chi connectivity index (χ0v) is 13.6. The second kappa shape index (κ2) is 8.02. The van der Waals surface area contributed by atoms with Crippen LogP contribution in [0.15, 0.2) is 0 Å². The van der Waals surface area contributed by atoms with Crippen molar-refractivity contribution in [2.45, 2.75) is 6.42 Å². The summed E-state index contributed by atoms with van der Waals surface area (Å²) in [6, 6.07) is 1.88. The van der Waals surface area contributed by atoms with Crippen molar-refractivity contribution in [3.05, 3.63) is 20.8 Å². The molecule has 8 heteroatoms. The second-order valence-corrected chi connectivity index (χ2v) is 5.71. The van der Waals surface area contributed by atoms with E-state index in [2.05, 4.69) is 15.2 Å². The Kier molecular flexibility index (Phi) is 6.34. The molecule has 114 valence electrons. The van der Waals surface area contributed by atoms with Crippen LogP contribution in [0.2, 0.25) is 15.2 Å². The fraction of sp³-hybridized carbons (Fsp3) is 0.538. The first kappa shape index (κ1) is 16.6. The lowest BCUT2D eigenvalue weighted by molar-refractivity contribution is 0.0378. The number of nitriles is 1. The minimum Gasteiger partial charge on any atom is -0.379 e. The van der Waals surface area contributed by atoms with Gasteiger partial charge in [0.05, 0.1) is 18.2 Å². The van der Waals surface area contributed by atoms with Gasteiger partial charge in [-0.15, -0.1) is 0 Å². The van der Waals surface area contributed by atoms with E-state index in [4.69, 9.17) is 44.8 Å². The Morgan fingerprint density at radius 3 is 2.62 bits per heavy atom. The summed E-state index contributed by atoms with van der Waals surface area (Å²) in [5, 5.41) is 12.4. The first-order valence-electron chi connectivity index (χ1n) is 6.62. The molecule has 0 aromatic carbocycles. The maximum Gasteiger partial charge on any atom is 0.150 e. The van der Waals surface area contributed by atoms with Gasteiger partial charge in [-0.1, -0.05) is 34.8 Å². The van der Waals surface area contributed by atoms with Crippen LogP contribution in [0, 0.1) is 11.3 Å². The van der Waals surface area contributed by atoms with Gasteiger partial charge in [-0.2, -0.15) is 5.26 Å². The molecule has 0 saturated carbocycles. The molecule has 1 aromatic heterocycles. The van der Waals surface area contributed by atoms with Gasteiger partial charge in [0, 0.05) is 19.6 Å². The lowest BCUT2D eigenvalue weighted by Gasteiger charge is -2.26. The highest BCUT2D eigenvalue weighted by molar-refractivity contribution is 6.45. The average Bonchev–Trinajstić information content (AvgIpc) is 2.50. The third-order valence-corrected chi connectivity index (χ3v) is 4.31. The largest absolute Gasteiger partial charge is 0.379 e. The summed E-state index contributed by atoms with van der Waals surface area (Å²) >= 11 is 18.0. The van der Waals surface area contributed by atoms with Gasteiger partial charge in [-0.05, 0) is 13.0 Å². The van der Waals surface area contributed by atoms with Crippen LogP contribution in [-0.2, 0) is 4.74 Å². The molecule has 1 N–H and O–H groups in total. The molecule has 0 aliphatic carbocycles. The predicted octanol–water partition coefficient (Wildman–Crippen LogP) is 3.05. The maximum atomic E-state index is 8.92. The van der Waals surface area contributed by atoms with E-state index in [1.54, 1.807) is 0 Å². The molecule has 1 aromatic rings. The van der Waals surface area contributed by atoms with Crippen LogP contribution in [0.25, 0.3) is 0 Å². The van der Waals surface area contributed by atoms with Crippen molar-refractivity contribution >= 4 is 40.6 Å². The SMILES string of the molecule is N#Cc1c(Cl)nc(NCCCN2CCOCC2)c(Cl)c1Cl. The van der Waals surface area contributed by atoms with E-state index in [1.807, 2.05) is 6.07 Å². The highest BCUT2D eigenvalue weighted by Gasteiger charge is 2.16. The molecule has 1 fully saturated rings. The molecule has 2 heterocycles. The summed E-state index contributed by atoms with van der Waals surface area (Å²) < 4.78 is 5.30. The van der Waals surface area contributed by atoms with E-state index in [0.29, 0.717) is 12.4 Å². The zero-order chi connectivity index (χ0) is 15.2. The van der Waals surface area contributed by atoms with Crippen molar-refractivity contribution in [3.8, 4) is 6.07 Å². The van der Waals surface area contributed by atoms with Gasteiger partial charge in [0.25, 0.3) is 0 Å². The summed E-state index contributed by atoms with van der Waals surface area (Å²) in [7, 11) is 0. The molecule has 1 aliphatic rings. The van der Waals surface area contributed by atoms with Gasteiger partial charge in [0.1, 0.15) is 22.5 Å². The van der Waals surface area contributed by atoms with Crippen molar-refractivity contribution < 1.29 is 4.74 Å². The standard InChI is InChI=1S/C13H15Cl3N4O/c14-10-9(8-17)12(16)19-13(11(10)15)18-2-1-3-20-4-6-21-7-5-20/h1-7H2,(H,18,19). The van der Waals surface area contributed by atoms with Gasteiger partial charge >= 0.3 is 0 Å². The Morgan fingerprint density at radius 2 is 1.95 bits per heavy atom. The third-order valence-electron chi connectivity index (χ3n) is 3.20. The summed E-state index contributed by atoms with van der Waals surface area (Å²) in [5.74, 6) is 0.410. The monoisotopic (exact) mass is 348 g/mol. The summed E-state index contributed by atoms with van der Waals surface area (Å²) in [6.07, 6.45) is 0.938.